The molecule has 4 rings (SSSR count). The molecule has 3 amide bonds. The molecule has 0 unspecified atom stereocenters. The molecule has 130 valence electrons. The number of hydrogen-bond donors (Lipinski definition) is 1. The van der Waals surface area contributed by atoms with Gasteiger partial charge >= 0.3 is 6.03 Å². The lowest BCUT2D eigenvalue weighted by atomic mass is 9.77. The van der Waals surface area contributed by atoms with Gasteiger partial charge in [0, 0.05) is 12.4 Å². The van der Waals surface area contributed by atoms with E-state index >= 15 is 0 Å². The number of nitrogens with one attached hydrogen (secondary N) is 1. The van der Waals surface area contributed by atoms with Crippen LogP contribution >= 0.6 is 0 Å². The van der Waals surface area contributed by atoms with Gasteiger partial charge in [0.2, 0.25) is 0 Å². The number of amides is 3. The Morgan fingerprint density at radius 1 is 1.20 bits per heavy atom. The SMILES string of the molecule is CC1CCC2(CC1)NC(=O)N(Cc1ccc(-n3cccn3)cc1)C2=O. The number of carbonyl (C=O) groups excluding carboxylic acids is 2. The number of nitrogens with zero attached hydrogens (tertiary/aromatic N) is 3. The van der Waals surface area contributed by atoms with Gasteiger partial charge < -0.3 is 5.32 Å². The highest BCUT2D eigenvalue weighted by molar-refractivity contribution is 6.07. The zero-order valence-electron chi connectivity index (χ0n) is 14.3. The standard InChI is InChI=1S/C19H22N4O2/c1-14-7-9-19(10-8-14)17(24)22(18(25)21-19)13-15-3-5-16(6-4-15)23-12-2-11-20-23/h2-6,11-12,14H,7-10,13H2,1H3,(H,21,25). The normalized spacial score (nSPS) is 26.3. The van der Waals surface area contributed by atoms with Crippen molar-refractivity contribution >= 4 is 11.9 Å². The number of rotatable bonds is 3. The molecule has 1 aromatic carbocycles. The first kappa shape index (κ1) is 15.9. The van der Waals surface area contributed by atoms with E-state index in [0.717, 1.165) is 36.9 Å². The highest BCUT2D eigenvalue weighted by Gasteiger charge is 2.51. The minimum atomic E-state index is -0.668. The van der Waals surface area contributed by atoms with Gasteiger partial charge in [0.25, 0.3) is 5.91 Å². The maximum Gasteiger partial charge on any atom is 0.325 e. The van der Waals surface area contributed by atoms with Crippen molar-refractivity contribution in [1.29, 1.82) is 0 Å². The Morgan fingerprint density at radius 3 is 2.56 bits per heavy atom. The number of imide groups is 1. The van der Waals surface area contributed by atoms with Gasteiger partial charge in [-0.25, -0.2) is 9.48 Å². The van der Waals surface area contributed by atoms with E-state index in [9.17, 15) is 9.59 Å². The van der Waals surface area contributed by atoms with Gasteiger partial charge in [0.15, 0.2) is 0 Å². The van der Waals surface area contributed by atoms with Crippen LogP contribution in [-0.2, 0) is 11.3 Å². The monoisotopic (exact) mass is 338 g/mol. The maximum atomic E-state index is 12.9. The Kier molecular flexibility index (Phi) is 3.82. The quantitative estimate of drug-likeness (QED) is 0.875. The molecular formula is C19H22N4O2. The highest BCUT2D eigenvalue weighted by Crippen LogP contribution is 2.36. The second-order valence-corrected chi connectivity index (χ2v) is 7.20. The van der Waals surface area contributed by atoms with Crippen molar-refractivity contribution in [3.8, 4) is 5.69 Å². The van der Waals surface area contributed by atoms with E-state index in [1.54, 1.807) is 10.9 Å². The number of hydrogen-bond acceptors (Lipinski definition) is 3. The fourth-order valence-corrected chi connectivity index (χ4v) is 3.77. The predicted molar refractivity (Wildman–Crippen MR) is 93.0 cm³/mol. The summed E-state index contributed by atoms with van der Waals surface area (Å²) in [6.45, 7) is 2.51. The van der Waals surface area contributed by atoms with Crippen molar-refractivity contribution in [3.05, 3.63) is 48.3 Å². The third-order valence-electron chi connectivity index (χ3n) is 5.42. The molecule has 1 saturated carbocycles. The summed E-state index contributed by atoms with van der Waals surface area (Å²) in [6.07, 6.45) is 7.06. The fraction of sp³-hybridized carbons (Fsp3) is 0.421. The molecule has 0 radical (unpaired) electrons. The molecule has 2 aromatic rings. The van der Waals surface area contributed by atoms with Crippen LogP contribution in [0, 0.1) is 5.92 Å². The molecule has 25 heavy (non-hydrogen) atoms. The topological polar surface area (TPSA) is 67.2 Å². The summed E-state index contributed by atoms with van der Waals surface area (Å²) in [7, 11) is 0. The van der Waals surface area contributed by atoms with Crippen LogP contribution in [0.2, 0.25) is 0 Å². The Hall–Kier alpha value is -2.63. The second-order valence-electron chi connectivity index (χ2n) is 7.20. The van der Waals surface area contributed by atoms with Crippen LogP contribution in [0.25, 0.3) is 5.69 Å². The van der Waals surface area contributed by atoms with E-state index in [4.69, 9.17) is 0 Å². The summed E-state index contributed by atoms with van der Waals surface area (Å²) in [5.41, 5.74) is 1.21. The molecule has 1 aromatic heterocycles. The molecule has 2 fully saturated rings. The molecule has 6 heteroatoms. The average Bonchev–Trinajstić information content (AvgIpc) is 3.22. The first-order valence-electron chi connectivity index (χ1n) is 8.80. The summed E-state index contributed by atoms with van der Waals surface area (Å²) >= 11 is 0. The average molecular weight is 338 g/mol. The first-order chi connectivity index (χ1) is 12.1. The van der Waals surface area contributed by atoms with E-state index in [1.807, 2.05) is 36.5 Å². The lowest BCUT2D eigenvalue weighted by molar-refractivity contribution is -0.133. The van der Waals surface area contributed by atoms with Gasteiger partial charge in [0.1, 0.15) is 5.54 Å². The van der Waals surface area contributed by atoms with Crippen molar-refractivity contribution in [2.75, 3.05) is 0 Å². The van der Waals surface area contributed by atoms with E-state index in [0.29, 0.717) is 12.5 Å². The van der Waals surface area contributed by atoms with Gasteiger partial charge in [-0.2, -0.15) is 5.10 Å². The summed E-state index contributed by atoms with van der Waals surface area (Å²) < 4.78 is 1.77. The Bertz CT molecular complexity index is 774. The molecule has 0 bridgehead atoms. The minimum absolute atomic E-state index is 0.0689. The molecule has 2 heterocycles. The number of benzene rings is 1. The first-order valence-corrected chi connectivity index (χ1v) is 8.80. The molecule has 6 nitrogen and oxygen atoms in total. The van der Waals surface area contributed by atoms with Crippen LogP contribution in [0.15, 0.2) is 42.7 Å². The Morgan fingerprint density at radius 2 is 1.92 bits per heavy atom. The molecular weight excluding hydrogens is 316 g/mol. The zero-order chi connectivity index (χ0) is 17.4. The van der Waals surface area contributed by atoms with Crippen LogP contribution in [0.3, 0.4) is 0 Å². The van der Waals surface area contributed by atoms with Gasteiger partial charge in [-0.3, -0.25) is 9.69 Å². The molecule has 1 saturated heterocycles. The van der Waals surface area contributed by atoms with Gasteiger partial charge in [-0.1, -0.05) is 19.1 Å². The van der Waals surface area contributed by atoms with Gasteiger partial charge in [-0.05, 0) is 55.4 Å². The van der Waals surface area contributed by atoms with Crippen LogP contribution in [0.1, 0.15) is 38.2 Å². The van der Waals surface area contributed by atoms with E-state index in [-0.39, 0.29) is 11.9 Å². The molecule has 1 aliphatic heterocycles. The van der Waals surface area contributed by atoms with Crippen LogP contribution in [0.4, 0.5) is 4.79 Å². The summed E-state index contributed by atoms with van der Waals surface area (Å²) in [6, 6.07) is 9.36. The number of carbonyl (C=O) groups is 2. The van der Waals surface area contributed by atoms with Crippen molar-refractivity contribution in [2.45, 2.75) is 44.7 Å². The third kappa shape index (κ3) is 2.81. The van der Waals surface area contributed by atoms with Crippen molar-refractivity contribution in [3.63, 3.8) is 0 Å². The minimum Gasteiger partial charge on any atom is -0.323 e. The fourth-order valence-electron chi connectivity index (χ4n) is 3.77. The number of aromatic nitrogens is 2. The summed E-state index contributed by atoms with van der Waals surface area (Å²) in [5.74, 6) is 0.555. The van der Waals surface area contributed by atoms with E-state index in [1.165, 1.54) is 4.90 Å². The van der Waals surface area contributed by atoms with Crippen molar-refractivity contribution < 1.29 is 9.59 Å². The van der Waals surface area contributed by atoms with Crippen LogP contribution in [-0.4, -0.2) is 32.2 Å². The van der Waals surface area contributed by atoms with E-state index in [2.05, 4.69) is 17.3 Å². The molecule has 1 N–H and O–H groups in total. The van der Waals surface area contributed by atoms with E-state index < -0.39 is 5.54 Å². The zero-order valence-corrected chi connectivity index (χ0v) is 14.3. The molecule has 1 aliphatic carbocycles. The second kappa shape index (κ2) is 6.02. The largest absolute Gasteiger partial charge is 0.325 e. The van der Waals surface area contributed by atoms with Crippen LogP contribution in [0.5, 0.6) is 0 Å². The van der Waals surface area contributed by atoms with Crippen LogP contribution < -0.4 is 5.32 Å². The Labute approximate surface area is 146 Å². The molecule has 1 spiro atoms. The summed E-state index contributed by atoms with van der Waals surface area (Å²) in [5, 5.41) is 7.16. The Balaban J connectivity index is 1.49. The highest BCUT2D eigenvalue weighted by atomic mass is 16.2. The van der Waals surface area contributed by atoms with Crippen molar-refractivity contribution in [2.24, 2.45) is 5.92 Å². The van der Waals surface area contributed by atoms with Gasteiger partial charge in [-0.15, -0.1) is 0 Å². The van der Waals surface area contributed by atoms with Gasteiger partial charge in [0.05, 0.1) is 12.2 Å². The lowest BCUT2D eigenvalue weighted by Crippen LogP contribution is -2.49. The number of urea groups is 1. The smallest absolute Gasteiger partial charge is 0.323 e. The lowest BCUT2D eigenvalue weighted by Gasteiger charge is -2.33. The van der Waals surface area contributed by atoms with Crippen molar-refractivity contribution in [1.82, 2.24) is 20.0 Å². The summed E-state index contributed by atoms with van der Waals surface area (Å²) in [4.78, 5) is 26.6. The predicted octanol–water partition coefficient (Wildman–Crippen LogP) is 2.87. The molecule has 2 aliphatic rings. The molecule has 0 atom stereocenters. The third-order valence-corrected chi connectivity index (χ3v) is 5.42. The maximum absolute atomic E-state index is 12.9.